The molecule has 3 heteroatoms. The van der Waals surface area contributed by atoms with E-state index < -0.39 is 0 Å². The summed E-state index contributed by atoms with van der Waals surface area (Å²) in [6, 6.07) is 0. The molecule has 2 rings (SSSR count). The number of likely N-dealkylation sites (tertiary alicyclic amines) is 1. The maximum Gasteiger partial charge on any atom is 0.0593 e. The van der Waals surface area contributed by atoms with Crippen LogP contribution in [-0.2, 0) is 4.74 Å². The molecule has 0 aromatic heterocycles. The van der Waals surface area contributed by atoms with E-state index in [-0.39, 0.29) is 0 Å². The molecule has 2 saturated heterocycles. The van der Waals surface area contributed by atoms with Gasteiger partial charge < -0.3 is 15.0 Å². The Balaban J connectivity index is 1.46. The maximum absolute atomic E-state index is 5.70. The van der Waals surface area contributed by atoms with E-state index in [9.17, 15) is 0 Å². The van der Waals surface area contributed by atoms with Crippen molar-refractivity contribution in [3.63, 3.8) is 0 Å². The van der Waals surface area contributed by atoms with E-state index in [4.69, 9.17) is 4.74 Å². The molecule has 2 aliphatic heterocycles. The van der Waals surface area contributed by atoms with Crippen molar-refractivity contribution < 1.29 is 4.74 Å². The molecular weight excluding hydrogens is 176 g/mol. The summed E-state index contributed by atoms with van der Waals surface area (Å²) in [6.45, 7) is 7.93. The molecule has 1 unspecified atom stereocenters. The first-order valence-corrected chi connectivity index (χ1v) is 5.96. The minimum absolute atomic E-state index is 0.772. The smallest absolute Gasteiger partial charge is 0.0593 e. The lowest BCUT2D eigenvalue weighted by Gasteiger charge is -2.15. The molecule has 0 saturated carbocycles. The average Bonchev–Trinajstić information content (AvgIpc) is 2.86. The highest BCUT2D eigenvalue weighted by Gasteiger charge is 2.15. The van der Waals surface area contributed by atoms with Crippen LogP contribution in [0.15, 0.2) is 0 Å². The summed E-state index contributed by atoms with van der Waals surface area (Å²) in [5, 5.41) is 3.36. The Labute approximate surface area is 86.8 Å². The predicted molar refractivity (Wildman–Crippen MR) is 57.5 cm³/mol. The summed E-state index contributed by atoms with van der Waals surface area (Å²) in [5.41, 5.74) is 0. The van der Waals surface area contributed by atoms with Gasteiger partial charge in [-0.05, 0) is 44.8 Å². The van der Waals surface area contributed by atoms with Crippen LogP contribution >= 0.6 is 0 Å². The van der Waals surface area contributed by atoms with Crippen molar-refractivity contribution in [2.45, 2.75) is 19.3 Å². The van der Waals surface area contributed by atoms with Gasteiger partial charge in [-0.3, -0.25) is 0 Å². The number of nitrogens with zero attached hydrogens (tertiary/aromatic N) is 1. The van der Waals surface area contributed by atoms with Gasteiger partial charge in [-0.25, -0.2) is 0 Å². The fraction of sp³-hybridized carbons (Fsp3) is 1.00. The Morgan fingerprint density at radius 3 is 2.86 bits per heavy atom. The summed E-state index contributed by atoms with van der Waals surface area (Å²) in [5.74, 6) is 0.772. The Bertz CT molecular complexity index is 133. The number of nitrogens with one attached hydrogen (secondary N) is 1. The van der Waals surface area contributed by atoms with Crippen LogP contribution in [0.2, 0.25) is 0 Å². The third kappa shape index (κ3) is 3.23. The molecule has 0 aromatic rings. The molecule has 1 N–H and O–H groups in total. The number of ether oxygens (including phenoxy) is 1. The summed E-state index contributed by atoms with van der Waals surface area (Å²) >= 11 is 0. The van der Waals surface area contributed by atoms with Crippen LogP contribution < -0.4 is 5.32 Å². The van der Waals surface area contributed by atoms with Crippen LogP contribution in [0.25, 0.3) is 0 Å². The van der Waals surface area contributed by atoms with Gasteiger partial charge in [0.05, 0.1) is 13.2 Å². The van der Waals surface area contributed by atoms with Crippen LogP contribution in [-0.4, -0.2) is 50.8 Å². The lowest BCUT2D eigenvalue weighted by molar-refractivity contribution is 0.0873. The van der Waals surface area contributed by atoms with E-state index >= 15 is 0 Å². The molecule has 2 heterocycles. The molecule has 14 heavy (non-hydrogen) atoms. The van der Waals surface area contributed by atoms with Crippen molar-refractivity contribution in [1.29, 1.82) is 0 Å². The first-order chi connectivity index (χ1) is 6.95. The number of hydrogen-bond acceptors (Lipinski definition) is 3. The lowest BCUT2D eigenvalue weighted by atomic mass is 10.1. The van der Waals surface area contributed by atoms with Gasteiger partial charge in [0.2, 0.25) is 0 Å². The Hall–Kier alpha value is -0.120. The van der Waals surface area contributed by atoms with Gasteiger partial charge >= 0.3 is 0 Å². The van der Waals surface area contributed by atoms with Crippen molar-refractivity contribution in [2.24, 2.45) is 5.92 Å². The zero-order chi connectivity index (χ0) is 9.64. The topological polar surface area (TPSA) is 24.5 Å². The van der Waals surface area contributed by atoms with Crippen molar-refractivity contribution in [2.75, 3.05) is 45.9 Å². The van der Waals surface area contributed by atoms with Crippen molar-refractivity contribution in [3.05, 3.63) is 0 Å². The molecule has 0 aliphatic carbocycles. The summed E-state index contributed by atoms with van der Waals surface area (Å²) in [6.07, 6.45) is 4.06. The summed E-state index contributed by atoms with van der Waals surface area (Å²) in [4.78, 5) is 2.51. The van der Waals surface area contributed by atoms with Crippen LogP contribution in [0, 0.1) is 5.92 Å². The largest absolute Gasteiger partial charge is 0.380 e. The van der Waals surface area contributed by atoms with E-state index in [2.05, 4.69) is 10.2 Å². The Morgan fingerprint density at radius 1 is 1.29 bits per heavy atom. The van der Waals surface area contributed by atoms with E-state index in [0.29, 0.717) is 0 Å². The van der Waals surface area contributed by atoms with Crippen LogP contribution in [0.4, 0.5) is 0 Å². The van der Waals surface area contributed by atoms with Crippen LogP contribution in [0.1, 0.15) is 19.3 Å². The van der Waals surface area contributed by atoms with Crippen molar-refractivity contribution in [3.8, 4) is 0 Å². The van der Waals surface area contributed by atoms with Crippen molar-refractivity contribution >= 4 is 0 Å². The minimum Gasteiger partial charge on any atom is -0.380 e. The van der Waals surface area contributed by atoms with Gasteiger partial charge in [-0.1, -0.05) is 0 Å². The highest BCUT2D eigenvalue weighted by Crippen LogP contribution is 2.08. The fourth-order valence-electron chi connectivity index (χ4n) is 2.31. The Kier molecular flexibility index (Phi) is 4.22. The zero-order valence-corrected chi connectivity index (χ0v) is 9.00. The molecule has 0 spiro atoms. The molecule has 2 fully saturated rings. The molecule has 0 aromatic carbocycles. The third-order valence-electron chi connectivity index (χ3n) is 3.27. The van der Waals surface area contributed by atoms with Crippen molar-refractivity contribution in [1.82, 2.24) is 10.2 Å². The van der Waals surface area contributed by atoms with Gasteiger partial charge in [-0.15, -0.1) is 0 Å². The standard InChI is InChI=1S/C11H22N2O/c1-2-6-13(5-1)7-8-14-10-11-3-4-12-9-11/h11-12H,1-10H2. The molecule has 1 atom stereocenters. The average molecular weight is 198 g/mol. The summed E-state index contributed by atoms with van der Waals surface area (Å²) in [7, 11) is 0. The van der Waals surface area contributed by atoms with Gasteiger partial charge in [0.1, 0.15) is 0 Å². The molecule has 0 bridgehead atoms. The van der Waals surface area contributed by atoms with Gasteiger partial charge in [0.15, 0.2) is 0 Å². The van der Waals surface area contributed by atoms with Gasteiger partial charge in [0.25, 0.3) is 0 Å². The van der Waals surface area contributed by atoms with E-state index in [1.807, 2.05) is 0 Å². The monoisotopic (exact) mass is 198 g/mol. The van der Waals surface area contributed by atoms with E-state index in [1.165, 1.54) is 38.9 Å². The number of rotatable bonds is 5. The first kappa shape index (κ1) is 10.4. The van der Waals surface area contributed by atoms with Gasteiger partial charge in [0, 0.05) is 13.1 Å². The normalized spacial score (nSPS) is 28.7. The first-order valence-electron chi connectivity index (χ1n) is 5.96. The SMILES string of the molecule is C1CCN(CCOCC2CCNC2)C1. The molecule has 0 radical (unpaired) electrons. The highest BCUT2D eigenvalue weighted by atomic mass is 16.5. The third-order valence-corrected chi connectivity index (χ3v) is 3.27. The highest BCUT2D eigenvalue weighted by molar-refractivity contribution is 4.70. The molecule has 0 amide bonds. The Morgan fingerprint density at radius 2 is 2.14 bits per heavy atom. The van der Waals surface area contributed by atoms with E-state index in [1.54, 1.807) is 0 Å². The molecule has 2 aliphatic rings. The second kappa shape index (κ2) is 5.69. The van der Waals surface area contributed by atoms with Crippen LogP contribution in [0.3, 0.4) is 0 Å². The zero-order valence-electron chi connectivity index (χ0n) is 9.00. The second-order valence-electron chi connectivity index (χ2n) is 4.48. The van der Waals surface area contributed by atoms with E-state index in [0.717, 1.165) is 32.2 Å². The number of hydrogen-bond donors (Lipinski definition) is 1. The lowest BCUT2D eigenvalue weighted by Crippen LogP contribution is -2.25. The van der Waals surface area contributed by atoms with Crippen LogP contribution in [0.5, 0.6) is 0 Å². The quantitative estimate of drug-likeness (QED) is 0.658. The van der Waals surface area contributed by atoms with Gasteiger partial charge in [-0.2, -0.15) is 0 Å². The predicted octanol–water partition coefficient (Wildman–Crippen LogP) is 0.708. The maximum atomic E-state index is 5.70. The fourth-order valence-corrected chi connectivity index (χ4v) is 2.31. The minimum atomic E-state index is 0.772. The molecule has 82 valence electrons. The molecular formula is C11H22N2O. The second-order valence-corrected chi connectivity index (χ2v) is 4.48. The molecule has 3 nitrogen and oxygen atoms in total. The summed E-state index contributed by atoms with van der Waals surface area (Å²) < 4.78 is 5.70.